The summed E-state index contributed by atoms with van der Waals surface area (Å²) in [7, 11) is 0. The van der Waals surface area contributed by atoms with Crippen LogP contribution in [0.15, 0.2) is 0 Å². The number of morpholine rings is 5. The monoisotopic (exact) mass is 1260 g/mol. The molecule has 5 fully saturated rings. The summed E-state index contributed by atoms with van der Waals surface area (Å²) >= 11 is 0. The minimum atomic E-state index is -2.14. The van der Waals surface area contributed by atoms with Gasteiger partial charge in [0.2, 0.25) is 0 Å². The molecular formula is C70H127N5O14. The lowest BCUT2D eigenvalue weighted by Gasteiger charge is -2.49. The molecule has 0 aliphatic carbocycles. The van der Waals surface area contributed by atoms with E-state index in [1.165, 1.54) is 44.9 Å². The molecule has 19 nitrogen and oxygen atoms in total. The van der Waals surface area contributed by atoms with Gasteiger partial charge in [-0.1, -0.05) is 208 Å². The van der Waals surface area contributed by atoms with E-state index < -0.39 is 59.1 Å². The number of unbranched alkanes of at least 4 members (excludes halogenated alkanes) is 25. The van der Waals surface area contributed by atoms with Crippen LogP contribution in [-0.2, 0) is 66.6 Å². The molecule has 5 unspecified atom stereocenters. The van der Waals surface area contributed by atoms with Gasteiger partial charge in [-0.05, 0) is 32.1 Å². The lowest BCUT2D eigenvalue weighted by atomic mass is 9.97. The van der Waals surface area contributed by atoms with Crippen LogP contribution >= 0.6 is 0 Å². The molecule has 19 heteroatoms. The van der Waals surface area contributed by atoms with Gasteiger partial charge in [0, 0.05) is 84.7 Å². The van der Waals surface area contributed by atoms with E-state index in [4.69, 9.17) is 42.6 Å². The Morgan fingerprint density at radius 3 is 0.910 bits per heavy atom. The van der Waals surface area contributed by atoms with Gasteiger partial charge >= 0.3 is 29.8 Å². The van der Waals surface area contributed by atoms with Crippen LogP contribution in [0.25, 0.3) is 0 Å². The molecular weight excluding hydrogens is 1130 g/mol. The van der Waals surface area contributed by atoms with Gasteiger partial charge in [0.25, 0.3) is 17.2 Å². The van der Waals surface area contributed by atoms with Gasteiger partial charge in [0.15, 0.2) is 0 Å². The van der Waals surface area contributed by atoms with E-state index in [9.17, 15) is 0 Å². The summed E-state index contributed by atoms with van der Waals surface area (Å²) in [5.41, 5.74) is -6.22. The third-order valence-electron chi connectivity index (χ3n) is 19.3. The highest BCUT2D eigenvalue weighted by molar-refractivity contribution is 5.95. The second-order valence-electron chi connectivity index (χ2n) is 26.1. The molecule has 0 radical (unpaired) electrons. The number of rotatable bonds is 48. The normalized spacial score (nSPS) is 20.6. The Kier molecular flexibility index (Phi) is 39.3. The SMILES string of the molecule is CCCCCCCCCCCCC(C(=O)OC(=O)C(CCCCCCCCCC)(OC(=O)C(CCCCCCCC)(OC(=O)C(CCCCCC)(OC(=O)C(CCCC)N1CCOCC1)N1CCOCC1)N1CCOCC1)N1CCOCC1)N1CCOCC1. The molecule has 5 heterocycles. The number of hydrogen-bond acceptors (Lipinski definition) is 19. The molecule has 516 valence electrons. The molecule has 89 heavy (non-hydrogen) atoms. The Hall–Kier alpha value is -2.85. The maximum Gasteiger partial charge on any atom is 0.374 e. The first-order chi connectivity index (χ1) is 43.5. The van der Waals surface area contributed by atoms with Crippen molar-refractivity contribution in [1.82, 2.24) is 24.5 Å². The number of carbonyl (C=O) groups excluding carboxylic acids is 5. The number of nitrogens with zero attached hydrogens (tertiary/aromatic N) is 5. The van der Waals surface area contributed by atoms with E-state index >= 15 is 24.0 Å². The van der Waals surface area contributed by atoms with Crippen LogP contribution in [0.4, 0.5) is 0 Å². The van der Waals surface area contributed by atoms with E-state index in [1.807, 2.05) is 14.7 Å². The molecule has 0 saturated carbocycles. The van der Waals surface area contributed by atoms with Crippen molar-refractivity contribution in [2.75, 3.05) is 132 Å². The fraction of sp³-hybridized carbons (Fsp3) is 0.929. The summed E-state index contributed by atoms with van der Waals surface area (Å²) in [6.45, 7) is 17.9. The molecule has 5 saturated heterocycles. The Labute approximate surface area is 539 Å². The molecule has 5 atom stereocenters. The van der Waals surface area contributed by atoms with Crippen molar-refractivity contribution in [2.24, 2.45) is 0 Å². The maximum absolute atomic E-state index is 16.8. The number of ether oxygens (including phenoxy) is 9. The average Bonchev–Trinajstić information content (AvgIpc) is 1.11. The highest BCUT2D eigenvalue weighted by atomic mass is 16.7. The lowest BCUT2D eigenvalue weighted by molar-refractivity contribution is -0.261. The summed E-state index contributed by atoms with van der Waals surface area (Å²) in [6.07, 6.45) is 30.6. The van der Waals surface area contributed by atoms with Gasteiger partial charge < -0.3 is 42.6 Å². The summed E-state index contributed by atoms with van der Waals surface area (Å²) in [4.78, 5) is 89.6. The first kappa shape index (κ1) is 76.9. The van der Waals surface area contributed by atoms with Crippen LogP contribution in [0.3, 0.4) is 0 Å². The molecule has 0 bridgehead atoms. The zero-order valence-electron chi connectivity index (χ0n) is 57.0. The molecule has 0 aromatic carbocycles. The Bertz CT molecular complexity index is 1910. The molecule has 0 aromatic rings. The van der Waals surface area contributed by atoms with Gasteiger partial charge in [0.05, 0.1) is 66.1 Å². The van der Waals surface area contributed by atoms with E-state index in [2.05, 4.69) is 44.4 Å². The van der Waals surface area contributed by atoms with Gasteiger partial charge in [-0.3, -0.25) is 29.3 Å². The quantitative estimate of drug-likeness (QED) is 0.0242. The predicted molar refractivity (Wildman–Crippen MR) is 347 cm³/mol. The summed E-state index contributed by atoms with van der Waals surface area (Å²) in [6, 6.07) is -1.35. The van der Waals surface area contributed by atoms with E-state index in [-0.39, 0.29) is 85.0 Å². The minimum absolute atomic E-state index is 0.0302. The zero-order valence-corrected chi connectivity index (χ0v) is 57.0. The smallest absolute Gasteiger partial charge is 0.374 e. The van der Waals surface area contributed by atoms with Gasteiger partial charge in [-0.15, -0.1) is 0 Å². The van der Waals surface area contributed by atoms with Crippen molar-refractivity contribution >= 4 is 29.8 Å². The molecule has 0 N–H and O–H groups in total. The molecule has 5 rings (SSSR count). The van der Waals surface area contributed by atoms with Crippen molar-refractivity contribution in [3.05, 3.63) is 0 Å². The molecule has 0 amide bonds. The van der Waals surface area contributed by atoms with Crippen LogP contribution in [0.5, 0.6) is 0 Å². The summed E-state index contributed by atoms with van der Waals surface area (Å²) in [5, 5.41) is 0. The van der Waals surface area contributed by atoms with Gasteiger partial charge in [0.1, 0.15) is 12.1 Å². The van der Waals surface area contributed by atoms with E-state index in [0.29, 0.717) is 97.9 Å². The second-order valence-corrected chi connectivity index (χ2v) is 26.1. The van der Waals surface area contributed by atoms with E-state index in [1.54, 1.807) is 0 Å². The maximum atomic E-state index is 16.8. The van der Waals surface area contributed by atoms with Crippen molar-refractivity contribution in [3.63, 3.8) is 0 Å². The van der Waals surface area contributed by atoms with Crippen molar-refractivity contribution < 1.29 is 66.6 Å². The number of esters is 5. The first-order valence-electron chi connectivity index (χ1n) is 36.6. The van der Waals surface area contributed by atoms with Crippen LogP contribution in [0.2, 0.25) is 0 Å². The topological polar surface area (TPSA) is 185 Å². The molecule has 5 aliphatic rings. The van der Waals surface area contributed by atoms with Crippen LogP contribution in [-0.4, -0.2) is 215 Å². The van der Waals surface area contributed by atoms with Gasteiger partial charge in [-0.2, -0.15) is 0 Å². The summed E-state index contributed by atoms with van der Waals surface area (Å²) in [5.74, 6) is -3.90. The highest BCUT2D eigenvalue weighted by Gasteiger charge is 2.61. The largest absolute Gasteiger partial charge is 0.431 e. The van der Waals surface area contributed by atoms with Crippen LogP contribution < -0.4 is 0 Å². The fourth-order valence-corrected chi connectivity index (χ4v) is 13.7. The third-order valence-corrected chi connectivity index (χ3v) is 19.3. The second kappa shape index (κ2) is 45.5. The Balaban J connectivity index is 1.63. The van der Waals surface area contributed by atoms with E-state index in [0.717, 1.165) is 128 Å². The Morgan fingerprint density at radius 2 is 0.562 bits per heavy atom. The van der Waals surface area contributed by atoms with Crippen LogP contribution in [0.1, 0.15) is 259 Å². The lowest BCUT2D eigenvalue weighted by Crippen LogP contribution is -2.69. The molecule has 0 aromatic heterocycles. The molecule has 0 spiro atoms. The first-order valence-corrected chi connectivity index (χ1v) is 36.6. The van der Waals surface area contributed by atoms with Crippen molar-refractivity contribution in [1.29, 1.82) is 0 Å². The fourth-order valence-electron chi connectivity index (χ4n) is 13.7. The zero-order chi connectivity index (χ0) is 63.7. The van der Waals surface area contributed by atoms with Crippen LogP contribution in [0, 0.1) is 0 Å². The number of hydrogen-bond donors (Lipinski definition) is 0. The standard InChI is InChI=1S/C70H127N5O14/c1-6-11-16-20-23-25-26-27-29-32-37-61(71-41-51-81-52-42-71)63(76)86-65(78)68(73-45-55-83-56-46-73,38-34-31-28-24-21-17-12-7-2)88-67(80)70(75-49-59-85-60-50-75,40-35-30-22-18-13-8-3)89-66(79)69(39-33-19-14-9-4,74-47-57-84-58-48-74)87-64(77)62(36-15-10-5)72-43-53-82-54-44-72/h61-62H,6-60H2,1-5H3. The minimum Gasteiger partial charge on any atom is -0.431 e. The van der Waals surface area contributed by atoms with Crippen molar-refractivity contribution in [2.45, 2.75) is 289 Å². The third kappa shape index (κ3) is 25.8. The summed E-state index contributed by atoms with van der Waals surface area (Å²) < 4.78 is 57.1. The number of carbonyl (C=O) groups is 5. The van der Waals surface area contributed by atoms with Gasteiger partial charge in [-0.25, -0.2) is 19.2 Å². The Morgan fingerprint density at radius 1 is 0.303 bits per heavy atom. The average molecular weight is 1260 g/mol. The molecule has 5 aliphatic heterocycles. The van der Waals surface area contributed by atoms with Crippen molar-refractivity contribution in [3.8, 4) is 0 Å². The predicted octanol–water partition coefficient (Wildman–Crippen LogP) is 11.9. The highest BCUT2D eigenvalue weighted by Crippen LogP contribution is 2.39.